The van der Waals surface area contributed by atoms with Crippen LogP contribution in [-0.2, 0) is 11.3 Å². The average Bonchev–Trinajstić information content (AvgIpc) is 2.84. The van der Waals surface area contributed by atoms with E-state index in [9.17, 15) is 0 Å². The van der Waals surface area contributed by atoms with Gasteiger partial charge >= 0.3 is 0 Å². The van der Waals surface area contributed by atoms with Crippen LogP contribution in [0.25, 0.3) is 0 Å². The van der Waals surface area contributed by atoms with Gasteiger partial charge in [0.15, 0.2) is 0 Å². The monoisotopic (exact) mass is 277 g/mol. The standard InChI is InChI=1S/C16H27N3O/c1-12(2)10-17-11-14-6-5-8-18-16(14)19(4)15-7-9-20-13(15)3/h5-6,8,12-13,15,17H,7,9-11H2,1-4H3. The number of hydrogen-bond acceptors (Lipinski definition) is 4. The minimum Gasteiger partial charge on any atom is -0.376 e. The van der Waals surface area contributed by atoms with Gasteiger partial charge in [-0.3, -0.25) is 0 Å². The number of pyridine rings is 1. The van der Waals surface area contributed by atoms with Gasteiger partial charge in [-0.1, -0.05) is 19.9 Å². The van der Waals surface area contributed by atoms with Crippen molar-refractivity contribution >= 4 is 5.82 Å². The van der Waals surface area contributed by atoms with Crippen molar-refractivity contribution in [3.05, 3.63) is 23.9 Å². The van der Waals surface area contributed by atoms with E-state index in [-0.39, 0.29) is 6.10 Å². The molecule has 4 heteroatoms. The predicted octanol–water partition coefficient (Wildman–Crippen LogP) is 2.44. The van der Waals surface area contributed by atoms with E-state index in [1.165, 1.54) is 5.56 Å². The molecule has 2 rings (SSSR count). The third-order valence-corrected chi connectivity index (χ3v) is 3.90. The Morgan fingerprint density at radius 2 is 2.30 bits per heavy atom. The number of nitrogens with one attached hydrogen (secondary N) is 1. The molecule has 2 heterocycles. The van der Waals surface area contributed by atoms with Crippen molar-refractivity contribution in [2.45, 2.75) is 45.9 Å². The van der Waals surface area contributed by atoms with Gasteiger partial charge in [0.25, 0.3) is 0 Å². The molecule has 1 aromatic heterocycles. The number of nitrogens with zero attached hydrogens (tertiary/aromatic N) is 2. The molecule has 0 spiro atoms. The van der Waals surface area contributed by atoms with Gasteiger partial charge in [0.1, 0.15) is 5.82 Å². The summed E-state index contributed by atoms with van der Waals surface area (Å²) in [5, 5.41) is 3.50. The highest BCUT2D eigenvalue weighted by Crippen LogP contribution is 2.25. The van der Waals surface area contributed by atoms with Crippen molar-refractivity contribution in [2.75, 3.05) is 25.1 Å². The van der Waals surface area contributed by atoms with Crippen LogP contribution >= 0.6 is 0 Å². The lowest BCUT2D eigenvalue weighted by Crippen LogP contribution is -2.38. The second kappa shape index (κ2) is 7.04. The van der Waals surface area contributed by atoms with Gasteiger partial charge in [-0.05, 0) is 31.9 Å². The van der Waals surface area contributed by atoms with E-state index in [0.29, 0.717) is 12.0 Å². The Morgan fingerprint density at radius 1 is 1.50 bits per heavy atom. The molecule has 1 aromatic rings. The number of rotatable bonds is 6. The van der Waals surface area contributed by atoms with E-state index in [0.717, 1.165) is 31.9 Å². The zero-order valence-corrected chi connectivity index (χ0v) is 13.1. The van der Waals surface area contributed by atoms with Crippen molar-refractivity contribution in [3.8, 4) is 0 Å². The Morgan fingerprint density at radius 3 is 2.95 bits per heavy atom. The van der Waals surface area contributed by atoms with Crippen LogP contribution in [0, 0.1) is 5.92 Å². The number of anilines is 1. The van der Waals surface area contributed by atoms with Gasteiger partial charge in [0.2, 0.25) is 0 Å². The molecule has 1 N–H and O–H groups in total. The highest BCUT2D eigenvalue weighted by Gasteiger charge is 2.29. The molecule has 1 fully saturated rings. The smallest absolute Gasteiger partial charge is 0.133 e. The molecule has 0 radical (unpaired) electrons. The lowest BCUT2D eigenvalue weighted by atomic mass is 10.1. The minimum absolute atomic E-state index is 0.276. The minimum atomic E-state index is 0.276. The van der Waals surface area contributed by atoms with Crippen LogP contribution in [0.1, 0.15) is 32.8 Å². The van der Waals surface area contributed by atoms with Crippen molar-refractivity contribution in [1.82, 2.24) is 10.3 Å². The second-order valence-corrected chi connectivity index (χ2v) is 6.05. The first-order valence-corrected chi connectivity index (χ1v) is 7.58. The molecule has 0 aromatic carbocycles. The first kappa shape index (κ1) is 15.3. The molecule has 0 saturated carbocycles. The third kappa shape index (κ3) is 3.70. The highest BCUT2D eigenvalue weighted by atomic mass is 16.5. The molecule has 112 valence electrons. The summed E-state index contributed by atoms with van der Waals surface area (Å²) in [6, 6.07) is 4.60. The Kier molecular flexibility index (Phi) is 5.38. The fourth-order valence-corrected chi connectivity index (χ4v) is 2.77. The van der Waals surface area contributed by atoms with E-state index in [1.54, 1.807) is 0 Å². The molecule has 20 heavy (non-hydrogen) atoms. The largest absolute Gasteiger partial charge is 0.376 e. The van der Waals surface area contributed by atoms with E-state index >= 15 is 0 Å². The normalized spacial score (nSPS) is 22.4. The Hall–Kier alpha value is -1.13. The Bertz CT molecular complexity index is 422. The molecule has 0 amide bonds. The van der Waals surface area contributed by atoms with E-state index in [1.807, 2.05) is 12.3 Å². The van der Waals surface area contributed by atoms with E-state index < -0.39 is 0 Å². The molecule has 4 nitrogen and oxygen atoms in total. The maximum absolute atomic E-state index is 5.68. The average molecular weight is 277 g/mol. The number of hydrogen-bond donors (Lipinski definition) is 1. The lowest BCUT2D eigenvalue weighted by molar-refractivity contribution is 0.118. The van der Waals surface area contributed by atoms with Gasteiger partial charge in [0, 0.05) is 32.0 Å². The van der Waals surface area contributed by atoms with Gasteiger partial charge in [-0.2, -0.15) is 0 Å². The van der Waals surface area contributed by atoms with Gasteiger partial charge in [-0.25, -0.2) is 4.98 Å². The summed E-state index contributed by atoms with van der Waals surface area (Å²) < 4.78 is 5.68. The molecule has 1 saturated heterocycles. The Balaban J connectivity index is 2.06. The van der Waals surface area contributed by atoms with Crippen molar-refractivity contribution in [3.63, 3.8) is 0 Å². The third-order valence-electron chi connectivity index (χ3n) is 3.90. The fourth-order valence-electron chi connectivity index (χ4n) is 2.77. The highest BCUT2D eigenvalue weighted by molar-refractivity contribution is 5.47. The topological polar surface area (TPSA) is 37.4 Å². The molecule has 1 aliphatic heterocycles. The molecule has 0 bridgehead atoms. The summed E-state index contributed by atoms with van der Waals surface area (Å²) >= 11 is 0. The van der Waals surface area contributed by atoms with Crippen molar-refractivity contribution < 1.29 is 4.74 Å². The first-order chi connectivity index (χ1) is 9.59. The summed E-state index contributed by atoms with van der Waals surface area (Å²) in [5.74, 6) is 1.74. The second-order valence-electron chi connectivity index (χ2n) is 6.05. The number of aromatic nitrogens is 1. The van der Waals surface area contributed by atoms with E-state index in [2.05, 4.69) is 49.1 Å². The first-order valence-electron chi connectivity index (χ1n) is 7.58. The summed E-state index contributed by atoms with van der Waals surface area (Å²) in [7, 11) is 2.13. The predicted molar refractivity (Wildman–Crippen MR) is 83.0 cm³/mol. The van der Waals surface area contributed by atoms with Crippen LogP contribution in [0.15, 0.2) is 18.3 Å². The lowest BCUT2D eigenvalue weighted by Gasteiger charge is -2.29. The summed E-state index contributed by atoms with van der Waals surface area (Å²) in [6.45, 7) is 9.34. The molecule has 0 aliphatic carbocycles. The Labute approximate surface area is 122 Å². The van der Waals surface area contributed by atoms with Crippen LogP contribution in [0.5, 0.6) is 0 Å². The van der Waals surface area contributed by atoms with Crippen molar-refractivity contribution in [1.29, 1.82) is 0 Å². The summed E-state index contributed by atoms with van der Waals surface area (Å²) in [5.41, 5.74) is 1.26. The maximum atomic E-state index is 5.68. The molecular formula is C16H27N3O. The SMILES string of the molecule is CC(C)CNCc1cccnc1N(C)C1CCOC1C. The maximum Gasteiger partial charge on any atom is 0.133 e. The van der Waals surface area contributed by atoms with Gasteiger partial charge in [0.05, 0.1) is 12.1 Å². The summed E-state index contributed by atoms with van der Waals surface area (Å²) in [6.07, 6.45) is 3.23. The van der Waals surface area contributed by atoms with Crippen LogP contribution in [0.3, 0.4) is 0 Å². The summed E-state index contributed by atoms with van der Waals surface area (Å²) in [4.78, 5) is 6.87. The van der Waals surface area contributed by atoms with Crippen molar-refractivity contribution in [2.24, 2.45) is 5.92 Å². The van der Waals surface area contributed by atoms with Gasteiger partial charge in [-0.15, -0.1) is 0 Å². The van der Waals surface area contributed by atoms with Crippen LogP contribution in [-0.4, -0.2) is 37.3 Å². The zero-order chi connectivity index (χ0) is 14.5. The van der Waals surface area contributed by atoms with E-state index in [4.69, 9.17) is 4.74 Å². The zero-order valence-electron chi connectivity index (χ0n) is 13.1. The van der Waals surface area contributed by atoms with Crippen LogP contribution < -0.4 is 10.2 Å². The van der Waals surface area contributed by atoms with Crippen LogP contribution in [0.2, 0.25) is 0 Å². The molecular weight excluding hydrogens is 250 g/mol. The number of ether oxygens (including phenoxy) is 1. The molecule has 2 unspecified atom stereocenters. The fraction of sp³-hybridized carbons (Fsp3) is 0.688. The van der Waals surface area contributed by atoms with Crippen LogP contribution in [0.4, 0.5) is 5.82 Å². The quantitative estimate of drug-likeness (QED) is 0.866. The molecule has 2 atom stereocenters. The molecule has 1 aliphatic rings. The number of likely N-dealkylation sites (N-methyl/N-ethyl adjacent to an activating group) is 1. The van der Waals surface area contributed by atoms with Gasteiger partial charge < -0.3 is 15.0 Å².